The molecule has 0 spiro atoms. The second-order valence-electron chi connectivity index (χ2n) is 8.21. The number of allylic oxidation sites excluding steroid dienone is 1. The summed E-state index contributed by atoms with van der Waals surface area (Å²) in [5.74, 6) is 1.08. The number of aryl methyl sites for hydroxylation is 1. The maximum atomic E-state index is 13.4. The quantitative estimate of drug-likeness (QED) is 0.139. The summed E-state index contributed by atoms with van der Waals surface area (Å²) in [6, 6.07) is 14.3. The van der Waals surface area contributed by atoms with Crippen molar-refractivity contribution >= 4 is 38.5 Å². The number of sulfonamides is 1. The third-order valence-corrected chi connectivity index (χ3v) is 7.82. The van der Waals surface area contributed by atoms with E-state index in [2.05, 4.69) is 16.5 Å². The van der Waals surface area contributed by atoms with Crippen LogP contribution in [-0.2, 0) is 10.0 Å². The molecule has 0 bridgehead atoms. The number of benzene rings is 2. The number of hydrogen-bond acceptors (Lipinski definition) is 9. The molecule has 9 nitrogen and oxygen atoms in total. The Hall–Kier alpha value is -3.93. The molecule has 2 heterocycles. The van der Waals surface area contributed by atoms with Crippen LogP contribution in [0.15, 0.2) is 76.0 Å². The van der Waals surface area contributed by atoms with E-state index in [4.69, 9.17) is 19.1 Å². The van der Waals surface area contributed by atoms with Crippen LogP contribution >= 0.6 is 11.3 Å². The van der Waals surface area contributed by atoms with E-state index >= 15 is 0 Å². The molecule has 38 heavy (non-hydrogen) atoms. The zero-order valence-electron chi connectivity index (χ0n) is 20.8. The first-order valence-corrected chi connectivity index (χ1v) is 13.9. The van der Waals surface area contributed by atoms with Crippen molar-refractivity contribution in [2.45, 2.75) is 18.2 Å². The minimum absolute atomic E-state index is 0.0417. The SMILES string of the molecule is C=C(C(=O)c1ccc(S(=O)(=O)Nc2cc(C)on2)cc1)c1cc(-c2cccs2)c(OC)cc1OCCCO. The Morgan fingerprint density at radius 2 is 1.92 bits per heavy atom. The van der Waals surface area contributed by atoms with Crippen molar-refractivity contribution in [3.8, 4) is 21.9 Å². The van der Waals surface area contributed by atoms with Gasteiger partial charge in [0.15, 0.2) is 11.6 Å². The van der Waals surface area contributed by atoms with Crippen molar-refractivity contribution in [2.75, 3.05) is 25.0 Å². The van der Waals surface area contributed by atoms with Crippen LogP contribution in [0.4, 0.5) is 5.82 Å². The molecular weight excluding hydrogens is 528 g/mol. The topological polar surface area (TPSA) is 128 Å². The van der Waals surface area contributed by atoms with Crippen molar-refractivity contribution in [3.05, 3.63) is 83.4 Å². The third-order valence-electron chi connectivity index (χ3n) is 5.54. The van der Waals surface area contributed by atoms with E-state index in [-0.39, 0.29) is 35.1 Å². The molecule has 4 aromatic rings. The van der Waals surface area contributed by atoms with E-state index < -0.39 is 15.8 Å². The van der Waals surface area contributed by atoms with Gasteiger partial charge in [0.2, 0.25) is 0 Å². The molecule has 4 rings (SSSR count). The molecule has 0 radical (unpaired) electrons. The fourth-order valence-electron chi connectivity index (χ4n) is 3.65. The van der Waals surface area contributed by atoms with Gasteiger partial charge in [0, 0.05) is 52.3 Å². The molecule has 2 aromatic carbocycles. The molecule has 0 atom stereocenters. The summed E-state index contributed by atoms with van der Waals surface area (Å²) in [5, 5.41) is 14.7. The highest BCUT2D eigenvalue weighted by Gasteiger charge is 2.22. The number of nitrogens with zero attached hydrogens (tertiary/aromatic N) is 1. The number of ether oxygens (including phenoxy) is 2. The van der Waals surface area contributed by atoms with Crippen molar-refractivity contribution in [3.63, 3.8) is 0 Å². The summed E-state index contributed by atoms with van der Waals surface area (Å²) in [4.78, 5) is 14.3. The van der Waals surface area contributed by atoms with Gasteiger partial charge >= 0.3 is 0 Å². The van der Waals surface area contributed by atoms with Crippen molar-refractivity contribution in [1.29, 1.82) is 0 Å². The average molecular weight is 555 g/mol. The van der Waals surface area contributed by atoms with E-state index in [0.29, 0.717) is 29.2 Å². The number of aromatic nitrogens is 1. The van der Waals surface area contributed by atoms with E-state index in [1.54, 1.807) is 26.2 Å². The van der Waals surface area contributed by atoms with Crippen molar-refractivity contribution < 1.29 is 32.3 Å². The van der Waals surface area contributed by atoms with Gasteiger partial charge in [0.05, 0.1) is 18.6 Å². The molecule has 0 amide bonds. The number of ketones is 1. The Bertz CT molecular complexity index is 1540. The Morgan fingerprint density at radius 1 is 1.16 bits per heavy atom. The minimum Gasteiger partial charge on any atom is -0.496 e. The third kappa shape index (κ3) is 5.96. The van der Waals surface area contributed by atoms with Gasteiger partial charge < -0.3 is 19.1 Å². The summed E-state index contributed by atoms with van der Waals surface area (Å²) in [5.41, 5.74) is 1.66. The number of anilines is 1. The number of carbonyl (C=O) groups excluding carboxylic acids is 1. The number of methoxy groups -OCH3 is 1. The highest BCUT2D eigenvalue weighted by molar-refractivity contribution is 7.92. The monoisotopic (exact) mass is 554 g/mol. The summed E-state index contributed by atoms with van der Waals surface area (Å²) >= 11 is 1.52. The first kappa shape index (κ1) is 27.1. The number of thiophene rings is 1. The van der Waals surface area contributed by atoms with Gasteiger partial charge in [-0.3, -0.25) is 9.52 Å². The Labute approximate surface area is 224 Å². The van der Waals surface area contributed by atoms with Crippen LogP contribution in [-0.4, -0.2) is 44.8 Å². The standard InChI is InChI=1S/C27H26N2O7S2/c1-17-14-26(28-36-17)29-38(32,33)20-9-7-19(8-10-20)27(31)18(2)21-15-22(25-6-4-13-37-25)23(34-3)16-24(21)35-12-5-11-30/h4,6-10,13-16,30H,2,5,11-12H2,1,3H3,(H,28,29). The lowest BCUT2D eigenvalue weighted by Crippen LogP contribution is -2.13. The zero-order chi connectivity index (χ0) is 27.3. The number of Topliss-reactive ketones (excluding diaryl/α,β-unsaturated/α-hetero) is 1. The maximum Gasteiger partial charge on any atom is 0.263 e. The van der Waals surface area contributed by atoms with Crippen LogP contribution in [0, 0.1) is 6.92 Å². The van der Waals surface area contributed by atoms with Gasteiger partial charge in [-0.25, -0.2) is 8.42 Å². The second kappa shape index (κ2) is 11.6. The predicted octanol–water partition coefficient (Wildman–Crippen LogP) is 5.18. The molecule has 0 aliphatic heterocycles. The van der Waals surface area contributed by atoms with E-state index in [9.17, 15) is 13.2 Å². The molecule has 2 aromatic heterocycles. The first-order valence-electron chi connectivity index (χ1n) is 11.5. The molecule has 0 saturated carbocycles. The lowest BCUT2D eigenvalue weighted by molar-refractivity contribution is 0.105. The second-order valence-corrected chi connectivity index (χ2v) is 10.8. The van der Waals surface area contributed by atoms with Crippen molar-refractivity contribution in [1.82, 2.24) is 5.16 Å². The predicted molar refractivity (Wildman–Crippen MR) is 145 cm³/mol. The maximum absolute atomic E-state index is 13.4. The summed E-state index contributed by atoms with van der Waals surface area (Å²) in [7, 11) is -2.38. The number of rotatable bonds is 12. The number of aliphatic hydroxyl groups is 1. The van der Waals surface area contributed by atoms with Crippen molar-refractivity contribution in [2.24, 2.45) is 0 Å². The molecule has 198 valence electrons. The highest BCUT2D eigenvalue weighted by Crippen LogP contribution is 2.41. The van der Waals surface area contributed by atoms with Gasteiger partial charge in [-0.05, 0) is 48.7 Å². The summed E-state index contributed by atoms with van der Waals surface area (Å²) < 4.78 is 44.0. The Balaban J connectivity index is 1.64. The normalized spacial score (nSPS) is 11.2. The number of nitrogens with one attached hydrogen (secondary N) is 1. The molecule has 2 N–H and O–H groups in total. The highest BCUT2D eigenvalue weighted by atomic mass is 32.2. The van der Waals surface area contributed by atoms with E-state index in [1.807, 2.05) is 17.5 Å². The van der Waals surface area contributed by atoms with Crippen LogP contribution in [0.5, 0.6) is 11.5 Å². The zero-order valence-corrected chi connectivity index (χ0v) is 22.4. The molecule has 0 unspecified atom stereocenters. The van der Waals surface area contributed by atoms with Gasteiger partial charge in [-0.2, -0.15) is 0 Å². The van der Waals surface area contributed by atoms with Crippen LogP contribution in [0.2, 0.25) is 0 Å². The minimum atomic E-state index is -3.93. The summed E-state index contributed by atoms with van der Waals surface area (Å²) in [6.07, 6.45) is 0.409. The fourth-order valence-corrected chi connectivity index (χ4v) is 5.38. The van der Waals surface area contributed by atoms with Gasteiger partial charge in [0.1, 0.15) is 17.3 Å². The molecule has 0 aliphatic rings. The Morgan fingerprint density at radius 3 is 2.53 bits per heavy atom. The lowest BCUT2D eigenvalue weighted by atomic mass is 9.95. The van der Waals surface area contributed by atoms with Crippen LogP contribution in [0.3, 0.4) is 0 Å². The number of carbonyl (C=O) groups is 1. The first-order chi connectivity index (χ1) is 18.2. The molecule has 11 heteroatoms. The molecule has 0 saturated heterocycles. The molecule has 0 aliphatic carbocycles. The fraction of sp³-hybridized carbons (Fsp3) is 0.185. The van der Waals surface area contributed by atoms with Crippen LogP contribution in [0.25, 0.3) is 16.0 Å². The van der Waals surface area contributed by atoms with Crippen LogP contribution < -0.4 is 14.2 Å². The van der Waals surface area contributed by atoms with E-state index in [0.717, 1.165) is 10.4 Å². The molecular formula is C27H26N2O7S2. The summed E-state index contributed by atoms with van der Waals surface area (Å²) in [6.45, 7) is 5.87. The number of hydrogen-bond donors (Lipinski definition) is 2. The van der Waals surface area contributed by atoms with Gasteiger partial charge in [-0.15, -0.1) is 11.3 Å². The Kier molecular flexibility index (Phi) is 8.30. The average Bonchev–Trinajstić information content (AvgIpc) is 3.59. The number of aliphatic hydroxyl groups excluding tert-OH is 1. The van der Waals surface area contributed by atoms with Gasteiger partial charge in [-0.1, -0.05) is 17.8 Å². The van der Waals surface area contributed by atoms with Gasteiger partial charge in [0.25, 0.3) is 10.0 Å². The smallest absolute Gasteiger partial charge is 0.263 e. The van der Waals surface area contributed by atoms with Crippen LogP contribution in [0.1, 0.15) is 28.1 Å². The largest absolute Gasteiger partial charge is 0.496 e. The molecule has 0 fully saturated rings. The lowest BCUT2D eigenvalue weighted by Gasteiger charge is -2.17. The van der Waals surface area contributed by atoms with E-state index in [1.165, 1.54) is 41.7 Å².